The van der Waals surface area contributed by atoms with Crippen LogP contribution in [0.3, 0.4) is 0 Å². The molecule has 5 nitrogen and oxygen atoms in total. The third-order valence-corrected chi connectivity index (χ3v) is 4.38. The fourth-order valence-corrected chi connectivity index (χ4v) is 2.26. The van der Waals surface area contributed by atoms with E-state index in [2.05, 4.69) is 50.3 Å². The van der Waals surface area contributed by atoms with E-state index in [1.54, 1.807) is 0 Å². The second-order valence-electron chi connectivity index (χ2n) is 5.70. The van der Waals surface area contributed by atoms with Crippen LogP contribution in [0.2, 0.25) is 0 Å². The van der Waals surface area contributed by atoms with E-state index in [9.17, 15) is 5.11 Å². The molecule has 0 amide bonds. The lowest BCUT2D eigenvalue weighted by molar-refractivity contribution is 0.175. The smallest absolute Gasteiger partial charge is 0.191 e. The highest BCUT2D eigenvalue weighted by Gasteiger charge is 2.25. The van der Waals surface area contributed by atoms with E-state index < -0.39 is 0 Å². The summed E-state index contributed by atoms with van der Waals surface area (Å²) in [5, 5.41) is 16.0. The molecule has 134 valence electrons. The topological polar surface area (TPSA) is 59.9 Å². The van der Waals surface area contributed by atoms with Crippen LogP contribution in [0, 0.1) is 5.41 Å². The first-order chi connectivity index (χ1) is 10.1. The van der Waals surface area contributed by atoms with Crippen molar-refractivity contribution in [1.82, 2.24) is 15.5 Å². The minimum Gasteiger partial charge on any atom is -0.396 e. The van der Waals surface area contributed by atoms with Crippen LogP contribution in [0.15, 0.2) is 4.99 Å². The molecular weight excluding hydrogens is 391 g/mol. The molecule has 0 heterocycles. The van der Waals surface area contributed by atoms with E-state index in [0.717, 1.165) is 57.9 Å². The summed E-state index contributed by atoms with van der Waals surface area (Å²) in [6.07, 6.45) is 2.92. The fourth-order valence-electron chi connectivity index (χ4n) is 2.26. The van der Waals surface area contributed by atoms with Gasteiger partial charge in [0.15, 0.2) is 5.96 Å². The minimum absolute atomic E-state index is 0. The van der Waals surface area contributed by atoms with Crippen molar-refractivity contribution in [3.05, 3.63) is 0 Å². The number of hydrogen-bond acceptors (Lipinski definition) is 3. The van der Waals surface area contributed by atoms with Crippen LogP contribution < -0.4 is 10.6 Å². The van der Waals surface area contributed by atoms with Gasteiger partial charge in [0.2, 0.25) is 0 Å². The van der Waals surface area contributed by atoms with E-state index in [1.165, 1.54) is 0 Å². The van der Waals surface area contributed by atoms with Crippen LogP contribution >= 0.6 is 24.0 Å². The van der Waals surface area contributed by atoms with Gasteiger partial charge in [0.1, 0.15) is 0 Å². The van der Waals surface area contributed by atoms with Crippen molar-refractivity contribution in [3.8, 4) is 0 Å². The van der Waals surface area contributed by atoms with Crippen molar-refractivity contribution in [3.63, 3.8) is 0 Å². The van der Waals surface area contributed by atoms with Gasteiger partial charge < -0.3 is 20.6 Å². The number of nitrogens with one attached hydrogen (secondary N) is 2. The van der Waals surface area contributed by atoms with Gasteiger partial charge in [-0.3, -0.25) is 4.99 Å². The van der Waals surface area contributed by atoms with Crippen molar-refractivity contribution in [2.45, 2.75) is 47.0 Å². The first kappa shape index (κ1) is 24.2. The average Bonchev–Trinajstić information content (AvgIpc) is 2.51. The third-order valence-electron chi connectivity index (χ3n) is 4.38. The highest BCUT2D eigenvalue weighted by Crippen LogP contribution is 2.30. The van der Waals surface area contributed by atoms with E-state index in [4.69, 9.17) is 4.99 Å². The zero-order chi connectivity index (χ0) is 16.1. The molecule has 0 aliphatic carbocycles. The fraction of sp³-hybridized carbons (Fsp3) is 0.938. The average molecular weight is 428 g/mol. The number of rotatable bonds is 11. The molecule has 0 aromatic carbocycles. The third kappa shape index (κ3) is 9.84. The van der Waals surface area contributed by atoms with Crippen LogP contribution in [-0.4, -0.2) is 62.3 Å². The quantitative estimate of drug-likeness (QED) is 0.269. The van der Waals surface area contributed by atoms with E-state index in [0.29, 0.717) is 0 Å². The lowest BCUT2D eigenvalue weighted by Crippen LogP contribution is -2.41. The molecule has 0 bridgehead atoms. The number of guanidine groups is 1. The van der Waals surface area contributed by atoms with E-state index in [-0.39, 0.29) is 36.0 Å². The Balaban J connectivity index is 0. The first-order valence-electron chi connectivity index (χ1n) is 8.39. The van der Waals surface area contributed by atoms with Gasteiger partial charge in [0.25, 0.3) is 0 Å². The number of hydrogen-bond donors (Lipinski definition) is 3. The summed E-state index contributed by atoms with van der Waals surface area (Å²) in [5.74, 6) is 0.881. The maximum Gasteiger partial charge on any atom is 0.191 e. The molecule has 0 fully saturated rings. The molecule has 22 heavy (non-hydrogen) atoms. The maximum atomic E-state index is 9.28. The Hall–Kier alpha value is -0.0800. The summed E-state index contributed by atoms with van der Waals surface area (Å²) in [5.41, 5.74) is 0.122. The molecule has 0 radical (unpaired) electrons. The number of halogens is 1. The summed E-state index contributed by atoms with van der Waals surface area (Å²) in [7, 11) is 2.12. The van der Waals surface area contributed by atoms with Gasteiger partial charge in [-0.15, -0.1) is 24.0 Å². The summed E-state index contributed by atoms with van der Waals surface area (Å²) >= 11 is 0. The molecular formula is C16H37IN4O. The Morgan fingerprint density at radius 3 is 2.23 bits per heavy atom. The minimum atomic E-state index is 0. The molecule has 0 aromatic rings. The van der Waals surface area contributed by atoms with E-state index >= 15 is 0 Å². The second kappa shape index (κ2) is 14.5. The molecule has 0 aromatic heterocycles. The number of aliphatic imine (C=N–C) groups is 1. The van der Waals surface area contributed by atoms with Crippen molar-refractivity contribution in [2.75, 3.05) is 46.4 Å². The molecule has 6 heteroatoms. The Morgan fingerprint density at radius 1 is 1.14 bits per heavy atom. The lowest BCUT2D eigenvalue weighted by Gasteiger charge is -2.29. The molecule has 3 N–H and O–H groups in total. The van der Waals surface area contributed by atoms with Crippen LogP contribution in [0.1, 0.15) is 47.0 Å². The predicted molar refractivity (Wildman–Crippen MR) is 107 cm³/mol. The number of aliphatic hydroxyl groups excluding tert-OH is 1. The van der Waals surface area contributed by atoms with Crippen molar-refractivity contribution in [1.29, 1.82) is 0 Å². The molecule has 0 unspecified atom stereocenters. The highest BCUT2D eigenvalue weighted by molar-refractivity contribution is 14.0. The largest absolute Gasteiger partial charge is 0.396 e. The van der Waals surface area contributed by atoms with Crippen molar-refractivity contribution < 1.29 is 5.11 Å². The molecule has 0 atom stereocenters. The molecule has 0 saturated heterocycles. The van der Waals surface area contributed by atoms with Crippen LogP contribution in [0.25, 0.3) is 0 Å². The Bertz CT molecular complexity index is 283. The Morgan fingerprint density at radius 2 is 1.77 bits per heavy atom. The summed E-state index contributed by atoms with van der Waals surface area (Å²) < 4.78 is 0. The van der Waals surface area contributed by atoms with E-state index in [1.807, 2.05) is 0 Å². The maximum absolute atomic E-state index is 9.28. The summed E-state index contributed by atoms with van der Waals surface area (Å²) in [6, 6.07) is 0. The van der Waals surface area contributed by atoms with Gasteiger partial charge in [-0.25, -0.2) is 0 Å². The number of aliphatic hydroxyl groups is 1. The Kier molecular flexibility index (Phi) is 15.9. The molecule has 0 aliphatic rings. The predicted octanol–water partition coefficient (Wildman–Crippen LogP) is 2.30. The van der Waals surface area contributed by atoms with Gasteiger partial charge in [-0.05, 0) is 45.2 Å². The van der Waals surface area contributed by atoms with Gasteiger partial charge in [-0.1, -0.05) is 20.8 Å². The first-order valence-corrected chi connectivity index (χ1v) is 8.39. The standard InChI is InChI=1S/C16H36N4O.HI/c1-6-16(7-2,10-13-21)14-19-15(17-8-3)18-11-12-20(5)9-4;/h21H,6-14H2,1-5H3,(H2,17,18,19);1H. The van der Waals surface area contributed by atoms with Gasteiger partial charge in [0.05, 0.1) is 0 Å². The van der Waals surface area contributed by atoms with Crippen LogP contribution in [0.5, 0.6) is 0 Å². The van der Waals surface area contributed by atoms with Crippen LogP contribution in [-0.2, 0) is 0 Å². The van der Waals surface area contributed by atoms with Gasteiger partial charge in [-0.2, -0.15) is 0 Å². The second-order valence-corrected chi connectivity index (χ2v) is 5.70. The molecule has 0 saturated carbocycles. The molecule has 0 spiro atoms. The highest BCUT2D eigenvalue weighted by atomic mass is 127. The number of nitrogens with zero attached hydrogens (tertiary/aromatic N) is 2. The zero-order valence-corrected chi connectivity index (χ0v) is 17.4. The van der Waals surface area contributed by atoms with Crippen molar-refractivity contribution >= 4 is 29.9 Å². The summed E-state index contributed by atoms with van der Waals surface area (Å²) in [6.45, 7) is 13.4. The monoisotopic (exact) mass is 428 g/mol. The SMILES string of the molecule is CCNC(=NCC(CC)(CC)CCO)NCCN(C)CC.I. The van der Waals surface area contributed by atoms with Gasteiger partial charge in [0, 0.05) is 32.8 Å². The zero-order valence-electron chi connectivity index (χ0n) is 15.1. The van der Waals surface area contributed by atoms with Crippen molar-refractivity contribution in [2.24, 2.45) is 10.4 Å². The molecule has 0 aliphatic heterocycles. The lowest BCUT2D eigenvalue weighted by atomic mass is 9.79. The number of likely N-dealkylation sites (N-methyl/N-ethyl adjacent to an activating group) is 1. The Labute approximate surface area is 154 Å². The summed E-state index contributed by atoms with van der Waals surface area (Å²) in [4.78, 5) is 7.00. The normalized spacial score (nSPS) is 12.2. The molecule has 0 rings (SSSR count). The van der Waals surface area contributed by atoms with Crippen LogP contribution in [0.4, 0.5) is 0 Å². The van der Waals surface area contributed by atoms with Gasteiger partial charge >= 0.3 is 0 Å².